The molecule has 0 radical (unpaired) electrons. The van der Waals surface area contributed by atoms with E-state index < -0.39 is 0 Å². The second kappa shape index (κ2) is 6.43. The largest absolute Gasteiger partial charge is 0.371 e. The van der Waals surface area contributed by atoms with Gasteiger partial charge in [0.2, 0.25) is 5.95 Å². The normalized spacial score (nSPS) is 27.6. The molecule has 0 bridgehead atoms. The highest BCUT2D eigenvalue weighted by Gasteiger charge is 2.37. The van der Waals surface area contributed by atoms with Crippen LogP contribution in [-0.2, 0) is 4.74 Å². The molecule has 6 heteroatoms. The molecule has 0 spiro atoms. The van der Waals surface area contributed by atoms with Crippen molar-refractivity contribution in [2.75, 3.05) is 25.0 Å². The Morgan fingerprint density at radius 2 is 1.91 bits per heavy atom. The molecule has 2 saturated heterocycles. The first-order chi connectivity index (χ1) is 11.3. The van der Waals surface area contributed by atoms with Crippen LogP contribution < -0.4 is 5.32 Å². The van der Waals surface area contributed by atoms with Gasteiger partial charge in [-0.2, -0.15) is 0 Å². The minimum absolute atomic E-state index is 0.165. The number of hydrogen-bond donors (Lipinski definition) is 1. The maximum absolute atomic E-state index is 6.07. The second-order valence-corrected chi connectivity index (χ2v) is 6.58. The molecule has 5 nitrogen and oxygen atoms in total. The molecule has 2 fully saturated rings. The molecule has 3 atom stereocenters. The quantitative estimate of drug-likeness (QED) is 0.937. The highest BCUT2D eigenvalue weighted by atomic mass is 35.5. The Hall–Kier alpha value is -1.69. The van der Waals surface area contributed by atoms with Crippen LogP contribution in [0, 0.1) is 0 Å². The van der Waals surface area contributed by atoms with Crippen LogP contribution in [0.15, 0.2) is 42.7 Å². The van der Waals surface area contributed by atoms with Crippen molar-refractivity contribution < 1.29 is 4.74 Å². The van der Waals surface area contributed by atoms with Crippen molar-refractivity contribution in [2.45, 2.75) is 24.6 Å². The number of benzene rings is 1. The molecule has 4 rings (SSSR count). The average molecular weight is 331 g/mol. The van der Waals surface area contributed by atoms with Crippen molar-refractivity contribution in [2.24, 2.45) is 0 Å². The number of fused-ring (bicyclic) bond motifs is 1. The summed E-state index contributed by atoms with van der Waals surface area (Å²) in [5.41, 5.74) is 1.25. The van der Waals surface area contributed by atoms with Gasteiger partial charge in [0.15, 0.2) is 0 Å². The fourth-order valence-corrected chi connectivity index (χ4v) is 3.52. The first-order valence-electron chi connectivity index (χ1n) is 7.92. The van der Waals surface area contributed by atoms with E-state index in [4.69, 9.17) is 16.3 Å². The second-order valence-electron chi connectivity index (χ2n) is 6.14. The van der Waals surface area contributed by atoms with Crippen molar-refractivity contribution in [3.8, 4) is 0 Å². The van der Waals surface area contributed by atoms with Gasteiger partial charge < -0.3 is 10.1 Å². The van der Waals surface area contributed by atoms with Gasteiger partial charge in [0.1, 0.15) is 0 Å². The summed E-state index contributed by atoms with van der Waals surface area (Å²) in [6, 6.07) is 11.3. The van der Waals surface area contributed by atoms with E-state index in [0.717, 1.165) is 26.1 Å². The van der Waals surface area contributed by atoms with Crippen molar-refractivity contribution in [1.29, 1.82) is 0 Å². The summed E-state index contributed by atoms with van der Waals surface area (Å²) in [4.78, 5) is 10.9. The van der Waals surface area contributed by atoms with E-state index in [2.05, 4.69) is 44.5 Å². The molecule has 1 aromatic heterocycles. The van der Waals surface area contributed by atoms with Gasteiger partial charge >= 0.3 is 0 Å². The third-order valence-electron chi connectivity index (χ3n) is 4.54. The Kier molecular flexibility index (Phi) is 4.16. The molecule has 1 aromatic carbocycles. The molecule has 0 amide bonds. The maximum Gasteiger partial charge on any atom is 0.222 e. The minimum Gasteiger partial charge on any atom is -0.371 e. The fraction of sp³-hybridized carbons (Fsp3) is 0.412. The number of rotatable bonds is 3. The van der Waals surface area contributed by atoms with E-state index >= 15 is 0 Å². The number of ether oxygens (including phenoxy) is 1. The summed E-state index contributed by atoms with van der Waals surface area (Å²) < 4.78 is 6.07. The summed E-state index contributed by atoms with van der Waals surface area (Å²) in [7, 11) is 0. The molecule has 1 N–H and O–H groups in total. The van der Waals surface area contributed by atoms with Gasteiger partial charge in [-0.15, -0.1) is 0 Å². The van der Waals surface area contributed by atoms with Crippen LogP contribution in [0.3, 0.4) is 0 Å². The Balaban J connectivity index is 1.39. The van der Waals surface area contributed by atoms with Crippen molar-refractivity contribution in [1.82, 2.24) is 14.9 Å². The SMILES string of the molecule is Clc1cnc(N[C@H]2C[C@H]3CO[C@@H](c4ccccc4)CN3C2)nc1. The van der Waals surface area contributed by atoms with Crippen LogP contribution in [0.2, 0.25) is 5.02 Å². The Morgan fingerprint density at radius 3 is 2.70 bits per heavy atom. The molecule has 23 heavy (non-hydrogen) atoms. The van der Waals surface area contributed by atoms with Gasteiger partial charge in [-0.05, 0) is 12.0 Å². The monoisotopic (exact) mass is 330 g/mol. The summed E-state index contributed by atoms with van der Waals surface area (Å²) in [6.45, 7) is 2.71. The van der Waals surface area contributed by atoms with E-state index in [1.54, 1.807) is 12.4 Å². The zero-order chi connectivity index (χ0) is 15.6. The van der Waals surface area contributed by atoms with Gasteiger partial charge in [0.05, 0.1) is 30.1 Å². The predicted octanol–water partition coefficient (Wildman–Crippen LogP) is 2.76. The van der Waals surface area contributed by atoms with Crippen molar-refractivity contribution in [3.63, 3.8) is 0 Å². The van der Waals surface area contributed by atoms with Crippen LogP contribution in [0.4, 0.5) is 5.95 Å². The lowest BCUT2D eigenvalue weighted by atomic mass is 10.1. The highest BCUT2D eigenvalue weighted by molar-refractivity contribution is 6.30. The molecule has 0 saturated carbocycles. The summed E-state index contributed by atoms with van der Waals surface area (Å²) in [6.07, 6.45) is 4.45. The maximum atomic E-state index is 6.07. The molecule has 120 valence electrons. The predicted molar refractivity (Wildman–Crippen MR) is 89.6 cm³/mol. The van der Waals surface area contributed by atoms with E-state index in [-0.39, 0.29) is 6.10 Å². The van der Waals surface area contributed by atoms with Gasteiger partial charge in [-0.1, -0.05) is 41.9 Å². The Morgan fingerprint density at radius 1 is 1.13 bits per heavy atom. The number of hydrogen-bond acceptors (Lipinski definition) is 5. The van der Waals surface area contributed by atoms with Gasteiger partial charge in [0, 0.05) is 25.2 Å². The standard InChI is InChI=1S/C17H19ClN4O/c18-13-7-19-17(20-8-13)21-14-6-15-11-23-16(10-22(15)9-14)12-4-2-1-3-5-12/h1-5,7-8,14-16H,6,9-11H2,(H,19,20,21)/t14-,15-,16+/m0/s1. The first kappa shape index (κ1) is 14.9. The Labute approximate surface area is 140 Å². The molecule has 3 heterocycles. The van der Waals surface area contributed by atoms with Gasteiger partial charge in [-0.3, -0.25) is 4.90 Å². The minimum atomic E-state index is 0.165. The zero-order valence-electron chi connectivity index (χ0n) is 12.7. The number of anilines is 1. The van der Waals surface area contributed by atoms with Crippen molar-refractivity contribution in [3.05, 3.63) is 53.3 Å². The lowest BCUT2D eigenvalue weighted by Crippen LogP contribution is -2.42. The van der Waals surface area contributed by atoms with E-state index in [0.29, 0.717) is 23.1 Å². The third kappa shape index (κ3) is 3.32. The smallest absolute Gasteiger partial charge is 0.222 e. The molecular formula is C17H19ClN4O. The zero-order valence-corrected chi connectivity index (χ0v) is 13.5. The number of halogens is 1. The number of morpholine rings is 1. The van der Waals surface area contributed by atoms with Gasteiger partial charge in [-0.25, -0.2) is 9.97 Å². The number of nitrogens with zero attached hydrogens (tertiary/aromatic N) is 3. The summed E-state index contributed by atoms with van der Waals surface area (Å²) in [5.74, 6) is 0.639. The molecule has 2 aliphatic heterocycles. The van der Waals surface area contributed by atoms with Gasteiger partial charge in [0.25, 0.3) is 0 Å². The van der Waals surface area contributed by atoms with Crippen molar-refractivity contribution >= 4 is 17.5 Å². The molecular weight excluding hydrogens is 312 g/mol. The Bertz CT molecular complexity index is 651. The summed E-state index contributed by atoms with van der Waals surface area (Å²) in [5, 5.41) is 3.96. The number of nitrogens with one attached hydrogen (secondary N) is 1. The van der Waals surface area contributed by atoms with Crippen LogP contribution in [-0.4, -0.2) is 46.6 Å². The van der Waals surface area contributed by atoms with Crippen LogP contribution in [0.1, 0.15) is 18.1 Å². The number of aromatic nitrogens is 2. The van der Waals surface area contributed by atoms with E-state index in [9.17, 15) is 0 Å². The van der Waals surface area contributed by atoms with E-state index in [1.165, 1.54) is 5.56 Å². The molecule has 2 aliphatic rings. The van der Waals surface area contributed by atoms with E-state index in [1.807, 2.05) is 6.07 Å². The van der Waals surface area contributed by atoms with Crippen LogP contribution in [0.25, 0.3) is 0 Å². The lowest BCUT2D eigenvalue weighted by molar-refractivity contribution is -0.0501. The highest BCUT2D eigenvalue weighted by Crippen LogP contribution is 2.30. The molecule has 0 aliphatic carbocycles. The fourth-order valence-electron chi connectivity index (χ4n) is 3.42. The van der Waals surface area contributed by atoms with Crippen LogP contribution >= 0.6 is 11.6 Å². The lowest BCUT2D eigenvalue weighted by Gasteiger charge is -2.35. The van der Waals surface area contributed by atoms with Crippen LogP contribution in [0.5, 0.6) is 0 Å². The first-order valence-corrected chi connectivity index (χ1v) is 8.30. The molecule has 2 aromatic rings. The third-order valence-corrected chi connectivity index (χ3v) is 4.74. The summed E-state index contributed by atoms with van der Waals surface area (Å²) >= 11 is 5.82. The molecule has 0 unspecified atom stereocenters. The topological polar surface area (TPSA) is 50.3 Å². The average Bonchev–Trinajstić information content (AvgIpc) is 2.99.